The van der Waals surface area contributed by atoms with Gasteiger partial charge >= 0.3 is 0 Å². The van der Waals surface area contributed by atoms with Crippen molar-refractivity contribution in [3.63, 3.8) is 0 Å². The normalized spacial score (nSPS) is 15.7. The minimum Gasteiger partial charge on any atom is -0.436 e. The first-order valence-corrected chi connectivity index (χ1v) is 9.07. The lowest BCUT2D eigenvalue weighted by molar-refractivity contribution is 0.0726. The number of oxazole rings is 1. The van der Waals surface area contributed by atoms with Crippen molar-refractivity contribution >= 4 is 11.9 Å². The van der Waals surface area contributed by atoms with Crippen LogP contribution in [0.3, 0.4) is 0 Å². The Hall–Kier alpha value is -2.48. The Bertz CT molecular complexity index is 743. The topological polar surface area (TPSA) is 87.4 Å². The Kier molecular flexibility index (Phi) is 5.82. The van der Waals surface area contributed by atoms with Gasteiger partial charge in [-0.05, 0) is 20.3 Å². The second kappa shape index (κ2) is 8.27. The van der Waals surface area contributed by atoms with Gasteiger partial charge < -0.3 is 14.6 Å². The summed E-state index contributed by atoms with van der Waals surface area (Å²) in [6.07, 6.45) is 4.65. The van der Waals surface area contributed by atoms with E-state index < -0.39 is 0 Å². The first kappa shape index (κ1) is 18.3. The van der Waals surface area contributed by atoms with E-state index in [0.717, 1.165) is 44.7 Å². The summed E-state index contributed by atoms with van der Waals surface area (Å²) >= 11 is 0. The summed E-state index contributed by atoms with van der Waals surface area (Å²) in [7, 11) is 0. The van der Waals surface area contributed by atoms with Gasteiger partial charge in [-0.25, -0.2) is 15.0 Å². The number of aromatic nitrogens is 3. The van der Waals surface area contributed by atoms with Crippen LogP contribution in [0.5, 0.6) is 0 Å². The van der Waals surface area contributed by atoms with Crippen molar-refractivity contribution in [2.75, 3.05) is 38.0 Å². The molecule has 8 nitrogen and oxygen atoms in total. The van der Waals surface area contributed by atoms with Crippen LogP contribution >= 0.6 is 0 Å². The van der Waals surface area contributed by atoms with Gasteiger partial charge in [0.15, 0.2) is 5.89 Å². The summed E-state index contributed by atoms with van der Waals surface area (Å²) in [5, 5.41) is 3.09. The first-order chi connectivity index (χ1) is 12.6. The maximum atomic E-state index is 12.7. The molecule has 3 rings (SSSR count). The van der Waals surface area contributed by atoms with E-state index in [-0.39, 0.29) is 5.91 Å². The van der Waals surface area contributed by atoms with Crippen LogP contribution in [-0.4, -0.2) is 63.4 Å². The molecular formula is C18H26N6O2. The summed E-state index contributed by atoms with van der Waals surface area (Å²) in [5.74, 6) is 1.48. The zero-order valence-electron chi connectivity index (χ0n) is 15.7. The minimum atomic E-state index is -0.0664. The monoisotopic (exact) mass is 358 g/mol. The van der Waals surface area contributed by atoms with Crippen molar-refractivity contribution < 1.29 is 9.21 Å². The third-order valence-corrected chi connectivity index (χ3v) is 4.42. The van der Waals surface area contributed by atoms with Gasteiger partial charge in [0.25, 0.3) is 5.91 Å². The fourth-order valence-corrected chi connectivity index (χ4v) is 3.15. The lowest BCUT2D eigenvalue weighted by atomic mass is 10.3. The van der Waals surface area contributed by atoms with E-state index in [9.17, 15) is 4.79 Å². The molecule has 26 heavy (non-hydrogen) atoms. The minimum absolute atomic E-state index is 0.0664. The number of hydrogen-bond donors (Lipinski definition) is 1. The number of rotatable bonds is 5. The van der Waals surface area contributed by atoms with E-state index in [0.29, 0.717) is 29.8 Å². The molecule has 1 saturated heterocycles. The summed E-state index contributed by atoms with van der Waals surface area (Å²) in [6.45, 7) is 10.3. The molecule has 0 bridgehead atoms. The Labute approximate surface area is 153 Å². The van der Waals surface area contributed by atoms with Crippen molar-refractivity contribution in [2.24, 2.45) is 0 Å². The van der Waals surface area contributed by atoms with E-state index in [1.54, 1.807) is 6.92 Å². The van der Waals surface area contributed by atoms with Gasteiger partial charge in [-0.3, -0.25) is 9.69 Å². The van der Waals surface area contributed by atoms with Gasteiger partial charge in [0.05, 0.1) is 5.69 Å². The molecule has 1 aliphatic heterocycles. The van der Waals surface area contributed by atoms with Crippen LogP contribution < -0.4 is 5.32 Å². The lowest BCUT2D eigenvalue weighted by Crippen LogP contribution is -2.35. The zero-order chi connectivity index (χ0) is 18.5. The molecule has 0 aliphatic carbocycles. The highest BCUT2D eigenvalue weighted by Crippen LogP contribution is 2.15. The standard InChI is InChI=1S/C18H26N6O2/c1-4-19-18-20-10-15(11-21-18)12-23-6-5-7-24(9-8-23)17(25)16-13(2)22-14(3)26-16/h10-11H,4-9,12H2,1-3H3,(H,19,20,21). The van der Waals surface area contributed by atoms with Gasteiger partial charge in [0, 0.05) is 64.1 Å². The predicted octanol–water partition coefficient (Wildman–Crippen LogP) is 1.86. The molecule has 2 aromatic rings. The van der Waals surface area contributed by atoms with Crippen LogP contribution in [0.15, 0.2) is 16.8 Å². The SMILES string of the molecule is CCNc1ncc(CN2CCCN(C(=O)c3oc(C)nc3C)CC2)cn1. The van der Waals surface area contributed by atoms with E-state index >= 15 is 0 Å². The van der Waals surface area contributed by atoms with Crippen LogP contribution in [0.2, 0.25) is 0 Å². The molecule has 1 fully saturated rings. The third-order valence-electron chi connectivity index (χ3n) is 4.42. The fourth-order valence-electron chi connectivity index (χ4n) is 3.15. The Morgan fingerprint density at radius 1 is 1.19 bits per heavy atom. The second-order valence-electron chi connectivity index (χ2n) is 6.51. The Morgan fingerprint density at radius 3 is 2.62 bits per heavy atom. The smallest absolute Gasteiger partial charge is 0.291 e. The van der Waals surface area contributed by atoms with Crippen molar-refractivity contribution in [3.8, 4) is 0 Å². The van der Waals surface area contributed by atoms with Gasteiger partial charge in [-0.2, -0.15) is 0 Å². The van der Waals surface area contributed by atoms with E-state index in [2.05, 4.69) is 25.2 Å². The first-order valence-electron chi connectivity index (χ1n) is 9.07. The summed E-state index contributed by atoms with van der Waals surface area (Å²) in [5.41, 5.74) is 1.74. The molecule has 8 heteroatoms. The molecule has 1 aliphatic rings. The number of anilines is 1. The van der Waals surface area contributed by atoms with Crippen molar-refractivity contribution in [2.45, 2.75) is 33.7 Å². The van der Waals surface area contributed by atoms with E-state index in [1.807, 2.05) is 31.1 Å². The summed E-state index contributed by atoms with van der Waals surface area (Å²) in [6, 6.07) is 0. The number of carbonyl (C=O) groups excluding carboxylic acids is 1. The number of aryl methyl sites for hydroxylation is 2. The molecule has 1 amide bonds. The molecule has 0 unspecified atom stereocenters. The molecule has 0 aromatic carbocycles. The molecular weight excluding hydrogens is 332 g/mol. The maximum absolute atomic E-state index is 12.7. The molecule has 3 heterocycles. The predicted molar refractivity (Wildman–Crippen MR) is 98.0 cm³/mol. The van der Waals surface area contributed by atoms with Crippen LogP contribution in [0.25, 0.3) is 0 Å². The number of nitrogens with zero attached hydrogens (tertiary/aromatic N) is 5. The van der Waals surface area contributed by atoms with Gasteiger partial charge in [-0.1, -0.05) is 0 Å². The maximum Gasteiger partial charge on any atom is 0.291 e. The second-order valence-corrected chi connectivity index (χ2v) is 6.51. The van der Waals surface area contributed by atoms with Crippen LogP contribution in [0, 0.1) is 13.8 Å². The quantitative estimate of drug-likeness (QED) is 0.873. The molecule has 2 aromatic heterocycles. The molecule has 140 valence electrons. The van der Waals surface area contributed by atoms with Crippen LogP contribution in [-0.2, 0) is 6.54 Å². The van der Waals surface area contributed by atoms with Crippen LogP contribution in [0.1, 0.15) is 41.0 Å². The molecule has 1 N–H and O–H groups in total. The zero-order valence-corrected chi connectivity index (χ0v) is 15.7. The highest BCUT2D eigenvalue weighted by Gasteiger charge is 2.25. The largest absolute Gasteiger partial charge is 0.436 e. The van der Waals surface area contributed by atoms with Crippen LogP contribution in [0.4, 0.5) is 5.95 Å². The fraction of sp³-hybridized carbons (Fsp3) is 0.556. The number of nitrogens with one attached hydrogen (secondary N) is 1. The highest BCUT2D eigenvalue weighted by atomic mass is 16.4. The molecule has 0 saturated carbocycles. The Balaban J connectivity index is 1.57. The lowest BCUT2D eigenvalue weighted by Gasteiger charge is -2.21. The summed E-state index contributed by atoms with van der Waals surface area (Å²) < 4.78 is 5.49. The third kappa shape index (κ3) is 4.37. The number of amides is 1. The van der Waals surface area contributed by atoms with Crippen molar-refractivity contribution in [3.05, 3.63) is 35.3 Å². The highest BCUT2D eigenvalue weighted by molar-refractivity contribution is 5.92. The Morgan fingerprint density at radius 2 is 1.96 bits per heavy atom. The average molecular weight is 358 g/mol. The van der Waals surface area contributed by atoms with E-state index in [1.165, 1.54) is 0 Å². The van der Waals surface area contributed by atoms with Gasteiger partial charge in [0.2, 0.25) is 11.7 Å². The van der Waals surface area contributed by atoms with Gasteiger partial charge in [0.1, 0.15) is 0 Å². The number of carbonyl (C=O) groups is 1. The van der Waals surface area contributed by atoms with E-state index in [4.69, 9.17) is 4.42 Å². The average Bonchev–Trinajstić information content (AvgIpc) is 2.82. The van der Waals surface area contributed by atoms with Crippen molar-refractivity contribution in [1.29, 1.82) is 0 Å². The molecule has 0 spiro atoms. The van der Waals surface area contributed by atoms with Gasteiger partial charge in [-0.15, -0.1) is 0 Å². The molecule has 0 radical (unpaired) electrons. The van der Waals surface area contributed by atoms with Crippen molar-refractivity contribution in [1.82, 2.24) is 24.8 Å². The number of hydrogen-bond acceptors (Lipinski definition) is 7. The summed E-state index contributed by atoms with van der Waals surface area (Å²) in [4.78, 5) is 29.7. The molecule has 0 atom stereocenters.